The van der Waals surface area contributed by atoms with Crippen LogP contribution in [0.2, 0.25) is 0 Å². The van der Waals surface area contributed by atoms with Crippen LogP contribution in [0.25, 0.3) is 0 Å². The highest BCUT2D eigenvalue weighted by molar-refractivity contribution is 5.56. The van der Waals surface area contributed by atoms with Crippen LogP contribution in [-0.4, -0.2) is 38.3 Å². The third kappa shape index (κ3) is 5.29. The van der Waals surface area contributed by atoms with Crippen LogP contribution in [0.4, 0.5) is 49.6 Å². The third-order valence-electron chi connectivity index (χ3n) is 2.90. The summed E-state index contributed by atoms with van der Waals surface area (Å²) in [5.41, 5.74) is 1.71. The molecule has 152 valence electrons. The standard InChI is InChI=1S/C12H9F6N7O3/c13-11(14,15)7(12(16,17)18)28-10-22-8(21-9(23-10)24-19)20-5-1-3-6(4-2-5)25(26)27/h1-4,7H,19H2,(H2,20,21,22,23,24). The first-order chi connectivity index (χ1) is 12.9. The largest absolute Gasteiger partial charge is 0.440 e. The SMILES string of the molecule is NNc1nc(Nc2ccc([N+](=O)[O-])cc2)nc(OC(C(F)(F)F)C(F)(F)F)n1. The molecule has 0 atom stereocenters. The second-order valence-corrected chi connectivity index (χ2v) is 4.92. The number of anilines is 3. The molecule has 28 heavy (non-hydrogen) atoms. The van der Waals surface area contributed by atoms with E-state index in [1.54, 1.807) is 0 Å². The van der Waals surface area contributed by atoms with Crippen molar-refractivity contribution >= 4 is 23.3 Å². The minimum absolute atomic E-state index is 0.133. The number of alkyl halides is 6. The topological polar surface area (TPSA) is 141 Å². The number of nitrogens with two attached hydrogens (primary N) is 1. The normalized spacial score (nSPS) is 12.0. The Kier molecular flexibility index (Phi) is 5.72. The summed E-state index contributed by atoms with van der Waals surface area (Å²) >= 11 is 0. The number of non-ortho nitro benzene ring substituents is 1. The lowest BCUT2D eigenvalue weighted by atomic mass is 10.3. The number of hydrazine groups is 1. The predicted octanol–water partition coefficient (Wildman–Crippen LogP) is 2.68. The molecule has 2 rings (SSSR count). The Bertz CT molecular complexity index is 829. The summed E-state index contributed by atoms with van der Waals surface area (Å²) in [5, 5.41) is 13.0. The summed E-state index contributed by atoms with van der Waals surface area (Å²) in [6, 6.07) is 3.27. The summed E-state index contributed by atoms with van der Waals surface area (Å²) in [6.45, 7) is 0. The predicted molar refractivity (Wildman–Crippen MR) is 80.5 cm³/mol. The van der Waals surface area contributed by atoms with Crippen LogP contribution in [0.15, 0.2) is 24.3 Å². The van der Waals surface area contributed by atoms with Gasteiger partial charge in [-0.05, 0) is 12.1 Å². The molecule has 0 radical (unpaired) electrons. The van der Waals surface area contributed by atoms with E-state index in [1.165, 1.54) is 12.1 Å². The van der Waals surface area contributed by atoms with Gasteiger partial charge in [0.05, 0.1) is 4.92 Å². The molecule has 2 aromatic rings. The van der Waals surface area contributed by atoms with E-state index in [0.29, 0.717) is 0 Å². The smallest absolute Gasteiger partial charge is 0.434 e. The van der Waals surface area contributed by atoms with Crippen LogP contribution in [0.3, 0.4) is 0 Å². The van der Waals surface area contributed by atoms with Crippen molar-refractivity contribution < 1.29 is 36.0 Å². The van der Waals surface area contributed by atoms with Crippen LogP contribution >= 0.6 is 0 Å². The minimum Gasteiger partial charge on any atom is -0.440 e. The molecular weight excluding hydrogens is 404 g/mol. The number of nitro groups is 1. The number of hydrogen-bond donors (Lipinski definition) is 3. The van der Waals surface area contributed by atoms with Gasteiger partial charge in [0, 0.05) is 17.8 Å². The fourth-order valence-corrected chi connectivity index (χ4v) is 1.75. The summed E-state index contributed by atoms with van der Waals surface area (Å²) < 4.78 is 79.5. The minimum atomic E-state index is -5.78. The van der Waals surface area contributed by atoms with Crippen LogP contribution in [0, 0.1) is 10.1 Å². The Hall–Kier alpha value is -3.43. The fraction of sp³-hybridized carbons (Fsp3) is 0.250. The first-order valence-electron chi connectivity index (χ1n) is 6.94. The average Bonchev–Trinajstić information content (AvgIpc) is 2.58. The van der Waals surface area contributed by atoms with Gasteiger partial charge in [0.2, 0.25) is 11.9 Å². The molecule has 4 N–H and O–H groups in total. The quantitative estimate of drug-likeness (QED) is 0.282. The van der Waals surface area contributed by atoms with Gasteiger partial charge in [0.15, 0.2) is 0 Å². The zero-order valence-electron chi connectivity index (χ0n) is 13.2. The second-order valence-electron chi connectivity index (χ2n) is 4.92. The number of halogens is 6. The first-order valence-corrected chi connectivity index (χ1v) is 6.94. The van der Waals surface area contributed by atoms with Crippen molar-refractivity contribution in [2.75, 3.05) is 10.7 Å². The molecule has 0 aliphatic rings. The number of nitrogens with one attached hydrogen (secondary N) is 2. The van der Waals surface area contributed by atoms with Crippen molar-refractivity contribution in [3.63, 3.8) is 0 Å². The van der Waals surface area contributed by atoms with Crippen LogP contribution in [0.5, 0.6) is 6.01 Å². The lowest BCUT2D eigenvalue weighted by Crippen LogP contribution is -2.47. The van der Waals surface area contributed by atoms with E-state index in [2.05, 4.69) is 25.0 Å². The summed E-state index contributed by atoms with van der Waals surface area (Å²) in [6.07, 6.45) is -15.7. The Balaban J connectivity index is 2.31. The van der Waals surface area contributed by atoms with Crippen LogP contribution in [-0.2, 0) is 0 Å². The molecule has 0 spiro atoms. The number of nitrogen functional groups attached to an aromatic ring is 1. The molecule has 0 saturated heterocycles. The van der Waals surface area contributed by atoms with E-state index in [-0.39, 0.29) is 11.4 Å². The van der Waals surface area contributed by atoms with Crippen molar-refractivity contribution in [2.45, 2.75) is 18.5 Å². The van der Waals surface area contributed by atoms with Crippen molar-refractivity contribution in [1.29, 1.82) is 0 Å². The Morgan fingerprint density at radius 2 is 1.54 bits per heavy atom. The van der Waals surface area contributed by atoms with Gasteiger partial charge in [-0.15, -0.1) is 0 Å². The number of nitrogens with zero attached hydrogens (tertiary/aromatic N) is 4. The molecule has 0 bridgehead atoms. The summed E-state index contributed by atoms with van der Waals surface area (Å²) in [5.74, 6) is 3.90. The van der Waals surface area contributed by atoms with Crippen molar-refractivity contribution in [3.8, 4) is 6.01 Å². The van der Waals surface area contributed by atoms with E-state index in [9.17, 15) is 36.5 Å². The van der Waals surface area contributed by atoms with Gasteiger partial charge >= 0.3 is 18.4 Å². The highest BCUT2D eigenvalue weighted by Crippen LogP contribution is 2.36. The van der Waals surface area contributed by atoms with E-state index in [4.69, 9.17) is 5.84 Å². The Morgan fingerprint density at radius 3 is 2.00 bits per heavy atom. The van der Waals surface area contributed by atoms with Gasteiger partial charge in [0.1, 0.15) is 0 Å². The Labute approximate surface area is 150 Å². The molecule has 0 aliphatic heterocycles. The zero-order valence-corrected chi connectivity index (χ0v) is 13.2. The van der Waals surface area contributed by atoms with Crippen molar-refractivity contribution in [1.82, 2.24) is 15.0 Å². The molecule has 0 fully saturated rings. The lowest BCUT2D eigenvalue weighted by molar-refractivity contribution is -0.384. The number of aromatic nitrogens is 3. The molecule has 1 aromatic heterocycles. The number of benzene rings is 1. The molecule has 10 nitrogen and oxygen atoms in total. The van der Waals surface area contributed by atoms with Gasteiger partial charge < -0.3 is 10.1 Å². The average molecular weight is 413 g/mol. The second kappa shape index (κ2) is 7.67. The zero-order chi connectivity index (χ0) is 21.1. The summed E-state index contributed by atoms with van der Waals surface area (Å²) in [7, 11) is 0. The molecule has 16 heteroatoms. The van der Waals surface area contributed by atoms with Crippen LogP contribution < -0.4 is 21.3 Å². The van der Waals surface area contributed by atoms with Gasteiger partial charge in [-0.25, -0.2) is 5.84 Å². The van der Waals surface area contributed by atoms with Gasteiger partial charge in [-0.1, -0.05) is 0 Å². The monoisotopic (exact) mass is 413 g/mol. The Morgan fingerprint density at radius 1 is 1.00 bits per heavy atom. The molecule has 0 saturated carbocycles. The molecule has 0 unspecified atom stereocenters. The van der Waals surface area contributed by atoms with Crippen LogP contribution in [0.1, 0.15) is 0 Å². The highest BCUT2D eigenvalue weighted by atomic mass is 19.4. The van der Waals surface area contributed by atoms with Gasteiger partial charge in [0.25, 0.3) is 11.8 Å². The molecule has 0 aliphatic carbocycles. The number of hydrogen-bond acceptors (Lipinski definition) is 9. The third-order valence-corrected chi connectivity index (χ3v) is 2.90. The van der Waals surface area contributed by atoms with E-state index in [0.717, 1.165) is 12.1 Å². The maximum atomic E-state index is 12.6. The molecule has 1 aromatic carbocycles. The first kappa shape index (κ1) is 20.9. The highest BCUT2D eigenvalue weighted by Gasteiger charge is 2.59. The summed E-state index contributed by atoms with van der Waals surface area (Å²) in [4.78, 5) is 20.0. The van der Waals surface area contributed by atoms with E-state index in [1.807, 2.05) is 5.43 Å². The molecular formula is C12H9F6N7O3. The van der Waals surface area contributed by atoms with Gasteiger partial charge in [-0.2, -0.15) is 41.3 Å². The number of ether oxygens (including phenoxy) is 1. The van der Waals surface area contributed by atoms with Crippen molar-refractivity contribution in [2.24, 2.45) is 5.84 Å². The maximum Gasteiger partial charge on any atom is 0.434 e. The maximum absolute atomic E-state index is 12.6. The molecule has 0 amide bonds. The lowest BCUT2D eigenvalue weighted by Gasteiger charge is -2.22. The number of nitro benzene ring substituents is 1. The van der Waals surface area contributed by atoms with E-state index >= 15 is 0 Å². The number of rotatable bonds is 6. The fourth-order valence-electron chi connectivity index (χ4n) is 1.75. The van der Waals surface area contributed by atoms with Gasteiger partial charge in [-0.3, -0.25) is 15.5 Å². The molecule has 1 heterocycles. The van der Waals surface area contributed by atoms with E-state index < -0.39 is 41.3 Å². The van der Waals surface area contributed by atoms with Crippen molar-refractivity contribution in [3.05, 3.63) is 34.4 Å².